The number of sulfonamides is 1. The Morgan fingerprint density at radius 1 is 1.15 bits per heavy atom. The van der Waals surface area contributed by atoms with Gasteiger partial charge in [-0.15, -0.1) is 0 Å². The number of hydrogen-bond acceptors (Lipinski definition) is 6. The number of nitrogens with one attached hydrogen (secondary N) is 3. The third-order valence-electron chi connectivity index (χ3n) is 4.21. The number of ether oxygens (including phenoxy) is 1. The third-order valence-corrected chi connectivity index (χ3v) is 5.03. The van der Waals surface area contributed by atoms with Crippen LogP contribution in [0.25, 0.3) is 0 Å². The molecule has 0 aliphatic rings. The minimum Gasteiger partial charge on any atom is -0.494 e. The molecule has 1 unspecified atom stereocenters. The maximum Gasteiger partial charge on any atom is 0.404 e. The Kier molecular flexibility index (Phi) is 6.84. The SMILES string of the molecule is COc1cnc(C(c2cc(C(=O)Nc3cc(Cl)cc(NS(C)(=O)=O)c3)c[nH]2)C(F)(F)F)nc1. The van der Waals surface area contributed by atoms with E-state index >= 15 is 0 Å². The van der Waals surface area contributed by atoms with Crippen molar-refractivity contribution in [3.63, 3.8) is 0 Å². The van der Waals surface area contributed by atoms with Gasteiger partial charge in [-0.2, -0.15) is 13.2 Å². The molecule has 0 aliphatic carbocycles. The standard InChI is InChI=1S/C19H17ClF3N5O4S/c1-32-14-8-25-17(26-9-14)16(19(21,22)23)15-3-10(7-24-15)18(29)27-12-4-11(20)5-13(6-12)28-33(2,30)31/h3-9,16,24,28H,1-2H3,(H,27,29). The molecule has 3 rings (SSSR count). The van der Waals surface area contributed by atoms with Crippen LogP contribution in [-0.4, -0.2) is 48.8 Å². The lowest BCUT2D eigenvalue weighted by molar-refractivity contribution is -0.143. The molecule has 0 fully saturated rings. The first kappa shape index (κ1) is 24.3. The number of alkyl halides is 3. The highest BCUT2D eigenvalue weighted by Gasteiger charge is 2.45. The lowest BCUT2D eigenvalue weighted by Gasteiger charge is -2.17. The molecule has 1 amide bonds. The number of anilines is 2. The van der Waals surface area contributed by atoms with Crippen molar-refractivity contribution in [3.8, 4) is 5.75 Å². The molecule has 0 aliphatic heterocycles. The number of halogens is 4. The molecular formula is C19H17ClF3N5O4S. The van der Waals surface area contributed by atoms with Gasteiger partial charge >= 0.3 is 6.18 Å². The molecule has 2 aromatic heterocycles. The van der Waals surface area contributed by atoms with Gasteiger partial charge in [-0.3, -0.25) is 9.52 Å². The summed E-state index contributed by atoms with van der Waals surface area (Å²) >= 11 is 5.95. The molecule has 3 N–H and O–H groups in total. The molecule has 176 valence electrons. The summed E-state index contributed by atoms with van der Waals surface area (Å²) in [6.45, 7) is 0. The third kappa shape index (κ3) is 6.35. The fourth-order valence-corrected chi connectivity index (χ4v) is 3.67. The zero-order valence-corrected chi connectivity index (χ0v) is 18.6. The number of amides is 1. The number of H-pyrrole nitrogens is 1. The summed E-state index contributed by atoms with van der Waals surface area (Å²) in [6, 6.07) is 5.02. The lowest BCUT2D eigenvalue weighted by Crippen LogP contribution is -2.24. The first-order valence-electron chi connectivity index (χ1n) is 9.06. The average molecular weight is 504 g/mol. The summed E-state index contributed by atoms with van der Waals surface area (Å²) < 4.78 is 71.2. The molecule has 0 saturated heterocycles. The normalized spacial score (nSPS) is 12.8. The number of aromatic nitrogens is 3. The molecule has 0 bridgehead atoms. The van der Waals surface area contributed by atoms with Gasteiger partial charge in [0, 0.05) is 22.6 Å². The monoisotopic (exact) mass is 503 g/mol. The topological polar surface area (TPSA) is 126 Å². The Balaban J connectivity index is 1.85. The van der Waals surface area contributed by atoms with Crippen molar-refractivity contribution >= 4 is 38.9 Å². The molecule has 1 atom stereocenters. The summed E-state index contributed by atoms with van der Waals surface area (Å²) in [4.78, 5) is 22.5. The first-order chi connectivity index (χ1) is 15.4. The van der Waals surface area contributed by atoms with Crippen molar-refractivity contribution in [3.05, 3.63) is 65.0 Å². The van der Waals surface area contributed by atoms with Crippen LogP contribution in [0, 0.1) is 0 Å². The second-order valence-corrected chi connectivity index (χ2v) is 9.04. The Bertz CT molecular complexity index is 1260. The minimum atomic E-state index is -4.74. The van der Waals surface area contributed by atoms with Gasteiger partial charge in [0.05, 0.1) is 37.0 Å². The summed E-state index contributed by atoms with van der Waals surface area (Å²) in [5, 5.41) is 2.59. The summed E-state index contributed by atoms with van der Waals surface area (Å²) in [6.07, 6.45) is -0.478. The Labute approximate surface area is 191 Å². The molecule has 0 saturated carbocycles. The van der Waals surface area contributed by atoms with Crippen LogP contribution in [0.15, 0.2) is 42.9 Å². The van der Waals surface area contributed by atoms with E-state index in [0.29, 0.717) is 0 Å². The second kappa shape index (κ2) is 9.27. The fraction of sp³-hybridized carbons (Fsp3) is 0.211. The number of carbonyl (C=O) groups excluding carboxylic acids is 1. The number of nitrogens with zero attached hydrogens (tertiary/aromatic N) is 2. The minimum absolute atomic E-state index is 0.101. The molecule has 33 heavy (non-hydrogen) atoms. The fourth-order valence-electron chi connectivity index (χ4n) is 2.89. The van der Waals surface area contributed by atoms with Crippen molar-refractivity contribution in [2.24, 2.45) is 0 Å². The van der Waals surface area contributed by atoms with E-state index in [1.54, 1.807) is 0 Å². The van der Waals surface area contributed by atoms with Crippen LogP contribution in [0.3, 0.4) is 0 Å². The maximum absolute atomic E-state index is 13.8. The van der Waals surface area contributed by atoms with Crippen LogP contribution in [0.5, 0.6) is 5.75 Å². The number of rotatable bonds is 7. The molecule has 9 nitrogen and oxygen atoms in total. The van der Waals surface area contributed by atoms with Crippen LogP contribution < -0.4 is 14.8 Å². The zero-order chi connectivity index (χ0) is 24.4. The Hall–Kier alpha value is -3.32. The maximum atomic E-state index is 13.8. The molecule has 14 heteroatoms. The van der Waals surface area contributed by atoms with E-state index in [1.165, 1.54) is 25.3 Å². The van der Waals surface area contributed by atoms with Gasteiger partial charge in [0.25, 0.3) is 5.91 Å². The lowest BCUT2D eigenvalue weighted by atomic mass is 10.0. The highest BCUT2D eigenvalue weighted by molar-refractivity contribution is 7.92. The second-order valence-electron chi connectivity index (χ2n) is 6.86. The summed E-state index contributed by atoms with van der Waals surface area (Å²) in [5.74, 6) is -3.29. The highest BCUT2D eigenvalue weighted by Crippen LogP contribution is 2.38. The Morgan fingerprint density at radius 3 is 2.36 bits per heavy atom. The molecule has 0 radical (unpaired) electrons. The van der Waals surface area contributed by atoms with Crippen LogP contribution in [-0.2, 0) is 10.0 Å². The highest BCUT2D eigenvalue weighted by atomic mass is 35.5. The van der Waals surface area contributed by atoms with Gasteiger partial charge in [0.1, 0.15) is 5.82 Å². The van der Waals surface area contributed by atoms with Crippen molar-refractivity contribution in [2.75, 3.05) is 23.4 Å². The van der Waals surface area contributed by atoms with Crippen LogP contribution >= 0.6 is 11.6 Å². The predicted molar refractivity (Wildman–Crippen MR) is 115 cm³/mol. The van der Waals surface area contributed by atoms with Crippen molar-refractivity contribution in [1.29, 1.82) is 0 Å². The molecule has 1 aromatic carbocycles. The number of hydrogen-bond donors (Lipinski definition) is 3. The molecule has 0 spiro atoms. The van der Waals surface area contributed by atoms with Gasteiger partial charge in [0.2, 0.25) is 10.0 Å². The molecular weight excluding hydrogens is 487 g/mol. The zero-order valence-electron chi connectivity index (χ0n) is 17.1. The van der Waals surface area contributed by atoms with E-state index in [0.717, 1.165) is 30.9 Å². The van der Waals surface area contributed by atoms with E-state index < -0.39 is 33.8 Å². The van der Waals surface area contributed by atoms with Crippen molar-refractivity contribution in [2.45, 2.75) is 12.1 Å². The van der Waals surface area contributed by atoms with E-state index in [4.69, 9.17) is 16.3 Å². The summed E-state index contributed by atoms with van der Waals surface area (Å²) in [7, 11) is -2.27. The summed E-state index contributed by atoms with van der Waals surface area (Å²) in [5.41, 5.74) is -0.218. The number of benzene rings is 1. The number of aromatic amines is 1. The Morgan fingerprint density at radius 2 is 1.79 bits per heavy atom. The van der Waals surface area contributed by atoms with E-state index in [1.807, 2.05) is 0 Å². The van der Waals surface area contributed by atoms with Crippen molar-refractivity contribution < 1.29 is 31.1 Å². The van der Waals surface area contributed by atoms with Gasteiger partial charge in [-0.05, 0) is 24.3 Å². The van der Waals surface area contributed by atoms with E-state index in [2.05, 4.69) is 25.0 Å². The average Bonchev–Trinajstić information content (AvgIpc) is 3.15. The number of methoxy groups -OCH3 is 1. The smallest absolute Gasteiger partial charge is 0.404 e. The first-order valence-corrected chi connectivity index (χ1v) is 11.3. The number of carbonyl (C=O) groups is 1. The van der Waals surface area contributed by atoms with Crippen molar-refractivity contribution in [1.82, 2.24) is 15.0 Å². The molecule has 2 heterocycles. The molecule has 3 aromatic rings. The largest absolute Gasteiger partial charge is 0.494 e. The van der Waals surface area contributed by atoms with E-state index in [9.17, 15) is 26.4 Å². The van der Waals surface area contributed by atoms with Gasteiger partial charge in [-0.25, -0.2) is 18.4 Å². The van der Waals surface area contributed by atoms with Crippen LogP contribution in [0.4, 0.5) is 24.5 Å². The van der Waals surface area contributed by atoms with Crippen LogP contribution in [0.1, 0.15) is 27.8 Å². The van der Waals surface area contributed by atoms with Gasteiger partial charge in [-0.1, -0.05) is 11.6 Å². The van der Waals surface area contributed by atoms with Crippen LogP contribution in [0.2, 0.25) is 5.02 Å². The van der Waals surface area contributed by atoms with Gasteiger partial charge in [0.15, 0.2) is 11.7 Å². The predicted octanol–water partition coefficient (Wildman–Crippen LogP) is 3.78. The quantitative estimate of drug-likeness (QED) is 0.450. The van der Waals surface area contributed by atoms with Gasteiger partial charge < -0.3 is 15.0 Å². The van der Waals surface area contributed by atoms with E-state index in [-0.39, 0.29) is 33.4 Å².